The molecule has 0 amide bonds. The lowest BCUT2D eigenvalue weighted by atomic mass is 10.1. The molecule has 16 heavy (non-hydrogen) atoms. The van der Waals surface area contributed by atoms with Gasteiger partial charge in [0.25, 0.3) is 0 Å². The summed E-state index contributed by atoms with van der Waals surface area (Å²) in [5, 5.41) is 0. The first kappa shape index (κ1) is 11.5. The van der Waals surface area contributed by atoms with E-state index in [1.165, 1.54) is 18.2 Å². The van der Waals surface area contributed by atoms with E-state index in [1.807, 2.05) is 4.90 Å². The number of nitrogens with zero attached hydrogens (tertiary/aromatic N) is 1. The second-order valence-corrected chi connectivity index (χ2v) is 4.34. The molecule has 1 fully saturated rings. The fourth-order valence-electron chi connectivity index (χ4n) is 2.14. The molecular formula is C12H16F2N2. The fraction of sp³-hybridized carbons (Fsp3) is 0.500. The number of benzene rings is 1. The van der Waals surface area contributed by atoms with Gasteiger partial charge < -0.3 is 5.73 Å². The van der Waals surface area contributed by atoms with E-state index in [2.05, 4.69) is 0 Å². The standard InChI is InChI=1S/C12H16F2N2/c13-11-4-1-5-12(14)10(11)8-16-6-2-3-9(15)7-16/h1,4-5,9H,2-3,6-8,15H2/t9-/m1/s1. The normalized spacial score (nSPS) is 22.3. The molecule has 4 heteroatoms. The molecule has 0 saturated carbocycles. The first-order chi connectivity index (χ1) is 7.66. The average Bonchev–Trinajstić information content (AvgIpc) is 2.24. The SMILES string of the molecule is N[C@@H]1CCCN(Cc2c(F)cccc2F)C1. The first-order valence-electron chi connectivity index (χ1n) is 5.57. The minimum atomic E-state index is -0.473. The molecule has 1 aliphatic heterocycles. The summed E-state index contributed by atoms with van der Waals surface area (Å²) in [7, 11) is 0. The third-order valence-corrected chi connectivity index (χ3v) is 2.99. The lowest BCUT2D eigenvalue weighted by Crippen LogP contribution is -2.42. The first-order valence-corrected chi connectivity index (χ1v) is 5.57. The van der Waals surface area contributed by atoms with Crippen LogP contribution in [0, 0.1) is 11.6 Å². The quantitative estimate of drug-likeness (QED) is 0.834. The van der Waals surface area contributed by atoms with Crippen molar-refractivity contribution in [3.05, 3.63) is 35.4 Å². The van der Waals surface area contributed by atoms with Gasteiger partial charge in [0.2, 0.25) is 0 Å². The van der Waals surface area contributed by atoms with Crippen LogP contribution in [-0.4, -0.2) is 24.0 Å². The third kappa shape index (κ3) is 2.57. The Hall–Kier alpha value is -1.00. The van der Waals surface area contributed by atoms with Crippen LogP contribution in [0.1, 0.15) is 18.4 Å². The highest BCUT2D eigenvalue weighted by molar-refractivity contribution is 5.19. The van der Waals surface area contributed by atoms with Gasteiger partial charge in [0.1, 0.15) is 11.6 Å². The molecule has 1 aliphatic rings. The lowest BCUT2D eigenvalue weighted by molar-refractivity contribution is 0.197. The minimum absolute atomic E-state index is 0.128. The van der Waals surface area contributed by atoms with Crippen molar-refractivity contribution in [2.24, 2.45) is 5.73 Å². The highest BCUT2D eigenvalue weighted by atomic mass is 19.1. The van der Waals surface area contributed by atoms with Gasteiger partial charge in [-0.2, -0.15) is 0 Å². The Bertz CT molecular complexity index is 348. The summed E-state index contributed by atoms with van der Waals surface area (Å²) in [6.07, 6.45) is 1.99. The molecule has 2 N–H and O–H groups in total. The van der Waals surface area contributed by atoms with Crippen LogP contribution in [-0.2, 0) is 6.54 Å². The summed E-state index contributed by atoms with van der Waals surface area (Å²) < 4.78 is 26.8. The molecule has 1 atom stereocenters. The maximum Gasteiger partial charge on any atom is 0.130 e. The Balaban J connectivity index is 2.08. The van der Waals surface area contributed by atoms with Crippen LogP contribution in [0.25, 0.3) is 0 Å². The highest BCUT2D eigenvalue weighted by Crippen LogP contribution is 2.17. The van der Waals surface area contributed by atoms with Crippen molar-refractivity contribution in [1.82, 2.24) is 4.90 Å². The molecule has 0 aromatic heterocycles. The Morgan fingerprint density at radius 1 is 1.31 bits per heavy atom. The van der Waals surface area contributed by atoms with E-state index in [4.69, 9.17) is 5.73 Å². The third-order valence-electron chi connectivity index (χ3n) is 2.99. The van der Waals surface area contributed by atoms with E-state index in [0.29, 0.717) is 13.1 Å². The van der Waals surface area contributed by atoms with Gasteiger partial charge in [0.05, 0.1) is 0 Å². The van der Waals surface area contributed by atoms with Gasteiger partial charge in [0, 0.05) is 24.7 Å². The Morgan fingerprint density at radius 2 is 2.00 bits per heavy atom. The van der Waals surface area contributed by atoms with Crippen molar-refractivity contribution in [2.45, 2.75) is 25.4 Å². The van der Waals surface area contributed by atoms with Gasteiger partial charge in [-0.05, 0) is 31.5 Å². The van der Waals surface area contributed by atoms with Gasteiger partial charge in [-0.15, -0.1) is 0 Å². The van der Waals surface area contributed by atoms with Crippen LogP contribution in [0.15, 0.2) is 18.2 Å². The van der Waals surface area contributed by atoms with Gasteiger partial charge in [-0.3, -0.25) is 4.90 Å². The zero-order valence-electron chi connectivity index (χ0n) is 9.13. The Morgan fingerprint density at radius 3 is 2.62 bits per heavy atom. The smallest absolute Gasteiger partial charge is 0.130 e. The highest BCUT2D eigenvalue weighted by Gasteiger charge is 2.19. The molecule has 0 radical (unpaired) electrons. The zero-order chi connectivity index (χ0) is 11.5. The summed E-state index contributed by atoms with van der Waals surface area (Å²) in [5.74, 6) is -0.946. The predicted octanol–water partition coefficient (Wildman–Crippen LogP) is 1.89. The van der Waals surface area contributed by atoms with Crippen LogP contribution >= 0.6 is 0 Å². The van der Waals surface area contributed by atoms with Crippen molar-refractivity contribution >= 4 is 0 Å². The van der Waals surface area contributed by atoms with Crippen LogP contribution in [0.5, 0.6) is 0 Å². The topological polar surface area (TPSA) is 29.3 Å². The predicted molar refractivity (Wildman–Crippen MR) is 58.8 cm³/mol. The molecule has 1 aromatic rings. The lowest BCUT2D eigenvalue weighted by Gasteiger charge is -2.30. The van der Waals surface area contributed by atoms with Crippen LogP contribution < -0.4 is 5.73 Å². The maximum absolute atomic E-state index is 13.4. The molecule has 0 spiro atoms. The van der Waals surface area contributed by atoms with Crippen molar-refractivity contribution in [2.75, 3.05) is 13.1 Å². The summed E-state index contributed by atoms with van der Waals surface area (Å²) in [5.41, 5.74) is 5.98. The van der Waals surface area contributed by atoms with Crippen LogP contribution in [0.2, 0.25) is 0 Å². The molecule has 2 rings (SSSR count). The number of hydrogen-bond acceptors (Lipinski definition) is 2. The van der Waals surface area contributed by atoms with E-state index in [9.17, 15) is 8.78 Å². The van der Waals surface area contributed by atoms with Crippen LogP contribution in [0.3, 0.4) is 0 Å². The van der Waals surface area contributed by atoms with Gasteiger partial charge in [0.15, 0.2) is 0 Å². The monoisotopic (exact) mass is 226 g/mol. The minimum Gasteiger partial charge on any atom is -0.327 e. The summed E-state index contributed by atoms with van der Waals surface area (Å²) >= 11 is 0. The number of likely N-dealkylation sites (tertiary alicyclic amines) is 1. The Kier molecular flexibility index (Phi) is 3.51. The molecule has 0 unspecified atom stereocenters. The van der Waals surface area contributed by atoms with E-state index in [1.54, 1.807) is 0 Å². The van der Waals surface area contributed by atoms with Gasteiger partial charge >= 0.3 is 0 Å². The van der Waals surface area contributed by atoms with Gasteiger partial charge in [-0.1, -0.05) is 6.07 Å². The number of hydrogen-bond donors (Lipinski definition) is 1. The molecule has 1 aromatic carbocycles. The van der Waals surface area contributed by atoms with Crippen molar-refractivity contribution in [3.63, 3.8) is 0 Å². The average molecular weight is 226 g/mol. The number of nitrogens with two attached hydrogens (primary N) is 1. The molecule has 0 aliphatic carbocycles. The van der Waals surface area contributed by atoms with Crippen molar-refractivity contribution in [3.8, 4) is 0 Å². The molecule has 88 valence electrons. The summed E-state index contributed by atoms with van der Waals surface area (Å²) in [6.45, 7) is 1.89. The molecule has 2 nitrogen and oxygen atoms in total. The maximum atomic E-state index is 13.4. The number of piperidine rings is 1. The van der Waals surface area contributed by atoms with Crippen LogP contribution in [0.4, 0.5) is 8.78 Å². The zero-order valence-corrected chi connectivity index (χ0v) is 9.13. The van der Waals surface area contributed by atoms with Gasteiger partial charge in [-0.25, -0.2) is 8.78 Å². The number of rotatable bonds is 2. The van der Waals surface area contributed by atoms with E-state index >= 15 is 0 Å². The van der Waals surface area contributed by atoms with E-state index in [0.717, 1.165) is 19.4 Å². The van der Waals surface area contributed by atoms with Crippen molar-refractivity contribution < 1.29 is 8.78 Å². The second-order valence-electron chi connectivity index (χ2n) is 4.34. The molecule has 0 bridgehead atoms. The Labute approximate surface area is 94.0 Å². The molecule has 1 heterocycles. The number of halogens is 2. The molecular weight excluding hydrogens is 210 g/mol. The fourth-order valence-corrected chi connectivity index (χ4v) is 2.14. The second kappa shape index (κ2) is 4.89. The van der Waals surface area contributed by atoms with E-state index in [-0.39, 0.29) is 11.6 Å². The molecule has 1 saturated heterocycles. The summed E-state index contributed by atoms with van der Waals surface area (Å²) in [6, 6.07) is 4.10. The summed E-state index contributed by atoms with van der Waals surface area (Å²) in [4.78, 5) is 2.01. The van der Waals surface area contributed by atoms with Crippen molar-refractivity contribution in [1.29, 1.82) is 0 Å². The van der Waals surface area contributed by atoms with E-state index < -0.39 is 11.6 Å². The largest absolute Gasteiger partial charge is 0.327 e.